The second-order valence-corrected chi connectivity index (χ2v) is 8.07. The van der Waals surface area contributed by atoms with E-state index in [2.05, 4.69) is 6.92 Å². The molecule has 0 heterocycles. The van der Waals surface area contributed by atoms with Crippen LogP contribution < -0.4 is 4.74 Å². The predicted octanol–water partition coefficient (Wildman–Crippen LogP) is 6.98. The van der Waals surface area contributed by atoms with Gasteiger partial charge in [-0.1, -0.05) is 94.7 Å². The van der Waals surface area contributed by atoms with E-state index in [1.54, 1.807) is 18.2 Å². The molecule has 2 rings (SSSR count). The minimum Gasteiger partial charge on any atom is -0.508 e. The van der Waals surface area contributed by atoms with Gasteiger partial charge < -0.3 is 14.6 Å². The molecule has 0 aliphatic heterocycles. The van der Waals surface area contributed by atoms with Crippen molar-refractivity contribution in [3.63, 3.8) is 0 Å². The quantitative estimate of drug-likeness (QED) is 0.232. The average Bonchev–Trinajstić information content (AvgIpc) is 2.79. The van der Waals surface area contributed by atoms with Crippen molar-refractivity contribution in [3.8, 4) is 11.5 Å². The Bertz CT molecular complexity index is 756. The number of hydrogen-bond donors (Lipinski definition) is 1. The average molecular weight is 427 g/mol. The topological polar surface area (TPSA) is 55.8 Å². The fourth-order valence-corrected chi connectivity index (χ4v) is 3.55. The summed E-state index contributed by atoms with van der Waals surface area (Å²) in [6.07, 6.45) is 12.5. The number of benzene rings is 2. The Morgan fingerprint density at radius 1 is 0.806 bits per heavy atom. The van der Waals surface area contributed by atoms with Crippen molar-refractivity contribution in [3.05, 3.63) is 59.7 Å². The highest BCUT2D eigenvalue weighted by Gasteiger charge is 2.09. The van der Waals surface area contributed by atoms with Crippen LogP contribution in [-0.4, -0.2) is 17.7 Å². The fraction of sp³-hybridized carbons (Fsp3) is 0.519. The molecule has 31 heavy (non-hydrogen) atoms. The Balaban J connectivity index is 1.62. The van der Waals surface area contributed by atoms with Crippen molar-refractivity contribution in [2.24, 2.45) is 0 Å². The molecule has 4 nitrogen and oxygen atoms in total. The Morgan fingerprint density at radius 3 is 2.13 bits per heavy atom. The third-order valence-corrected chi connectivity index (χ3v) is 5.46. The van der Waals surface area contributed by atoms with Crippen LogP contribution in [0.25, 0.3) is 0 Å². The molecule has 0 bridgehead atoms. The molecule has 1 N–H and O–H groups in total. The van der Waals surface area contributed by atoms with Gasteiger partial charge in [0, 0.05) is 12.0 Å². The molecule has 0 aliphatic carbocycles. The largest absolute Gasteiger partial charge is 0.508 e. The van der Waals surface area contributed by atoms with E-state index in [9.17, 15) is 9.90 Å². The zero-order chi connectivity index (χ0) is 22.2. The zero-order valence-electron chi connectivity index (χ0n) is 19.0. The number of carbonyl (C=O) groups excluding carboxylic acids is 1. The van der Waals surface area contributed by atoms with Gasteiger partial charge in [-0.2, -0.15) is 0 Å². The summed E-state index contributed by atoms with van der Waals surface area (Å²) < 4.78 is 11.3. The summed E-state index contributed by atoms with van der Waals surface area (Å²) in [7, 11) is 0. The van der Waals surface area contributed by atoms with E-state index in [1.165, 1.54) is 51.4 Å². The van der Waals surface area contributed by atoms with Crippen LogP contribution in [0.2, 0.25) is 0 Å². The molecule has 0 radical (unpaired) electrons. The van der Waals surface area contributed by atoms with Crippen molar-refractivity contribution >= 4 is 5.97 Å². The number of carbonyl (C=O) groups is 1. The normalized spacial score (nSPS) is 10.7. The maximum atomic E-state index is 12.1. The van der Waals surface area contributed by atoms with Gasteiger partial charge in [-0.25, -0.2) is 0 Å². The van der Waals surface area contributed by atoms with Gasteiger partial charge in [0.1, 0.15) is 18.1 Å². The maximum absolute atomic E-state index is 12.1. The van der Waals surface area contributed by atoms with Crippen molar-refractivity contribution < 1.29 is 19.4 Å². The highest BCUT2D eigenvalue weighted by atomic mass is 16.5. The monoisotopic (exact) mass is 426 g/mol. The zero-order valence-corrected chi connectivity index (χ0v) is 19.0. The molecule has 0 saturated heterocycles. The number of phenolic OH excluding ortho intramolecular Hbond substituents is 1. The standard InChI is InChI=1S/C27H38O4/c1-2-3-4-5-6-7-8-9-14-21-30-26-18-13-11-15-23(26)19-20-27(29)31-22-24-16-10-12-17-25(24)28/h10-13,15-18,28H,2-9,14,19-22H2,1H3. The van der Waals surface area contributed by atoms with Crippen molar-refractivity contribution in [1.82, 2.24) is 0 Å². The van der Waals surface area contributed by atoms with Gasteiger partial charge in [-0.15, -0.1) is 0 Å². The van der Waals surface area contributed by atoms with Crippen LogP contribution in [0.3, 0.4) is 0 Å². The van der Waals surface area contributed by atoms with Gasteiger partial charge >= 0.3 is 5.97 Å². The molecule has 170 valence electrons. The van der Waals surface area contributed by atoms with E-state index in [-0.39, 0.29) is 24.7 Å². The molecule has 4 heteroatoms. The summed E-state index contributed by atoms with van der Waals surface area (Å²) in [6, 6.07) is 14.8. The van der Waals surface area contributed by atoms with Crippen LogP contribution in [0.5, 0.6) is 11.5 Å². The number of rotatable bonds is 16. The van der Waals surface area contributed by atoms with E-state index in [1.807, 2.05) is 30.3 Å². The number of ether oxygens (including phenoxy) is 2. The van der Waals surface area contributed by atoms with E-state index in [4.69, 9.17) is 9.47 Å². The second-order valence-electron chi connectivity index (χ2n) is 8.07. The number of aromatic hydroxyl groups is 1. The van der Waals surface area contributed by atoms with Gasteiger partial charge in [0.15, 0.2) is 0 Å². The molecular weight excluding hydrogens is 388 g/mol. The second kappa shape index (κ2) is 15.3. The smallest absolute Gasteiger partial charge is 0.306 e. The van der Waals surface area contributed by atoms with Gasteiger partial charge in [-0.05, 0) is 30.5 Å². The molecule has 0 spiro atoms. The van der Waals surface area contributed by atoms with Crippen molar-refractivity contribution in [2.45, 2.75) is 84.2 Å². The van der Waals surface area contributed by atoms with Crippen LogP contribution in [0.1, 0.15) is 82.3 Å². The Labute approximate surface area is 187 Å². The first-order valence-electron chi connectivity index (χ1n) is 11.8. The Morgan fingerprint density at radius 2 is 1.42 bits per heavy atom. The lowest BCUT2D eigenvalue weighted by Crippen LogP contribution is -2.07. The van der Waals surface area contributed by atoms with Crippen LogP contribution in [0, 0.1) is 0 Å². The third kappa shape index (κ3) is 10.4. The summed E-state index contributed by atoms with van der Waals surface area (Å²) in [5.74, 6) is 0.720. The highest BCUT2D eigenvalue weighted by Crippen LogP contribution is 2.21. The molecular formula is C27H38O4. The van der Waals surface area contributed by atoms with Crippen LogP contribution in [-0.2, 0) is 22.6 Å². The van der Waals surface area contributed by atoms with Crippen LogP contribution >= 0.6 is 0 Å². The number of aryl methyl sites for hydroxylation is 1. The summed E-state index contributed by atoms with van der Waals surface area (Å²) in [5.41, 5.74) is 1.64. The van der Waals surface area contributed by atoms with E-state index < -0.39 is 0 Å². The Kier molecular flexibility index (Phi) is 12.3. The lowest BCUT2D eigenvalue weighted by Gasteiger charge is -2.12. The number of esters is 1. The lowest BCUT2D eigenvalue weighted by atomic mass is 10.1. The Hall–Kier alpha value is -2.49. The van der Waals surface area contributed by atoms with Gasteiger partial charge in [-0.3, -0.25) is 4.79 Å². The van der Waals surface area contributed by atoms with Crippen LogP contribution in [0.15, 0.2) is 48.5 Å². The number of phenols is 1. The molecule has 0 aromatic heterocycles. The number of unbranched alkanes of at least 4 members (excludes halogenated alkanes) is 8. The molecule has 2 aromatic rings. The number of hydrogen-bond acceptors (Lipinski definition) is 4. The minimum absolute atomic E-state index is 0.0856. The number of para-hydroxylation sites is 2. The molecule has 2 aromatic carbocycles. The summed E-state index contributed by atoms with van der Waals surface area (Å²) >= 11 is 0. The van der Waals surface area contributed by atoms with Gasteiger partial charge in [0.2, 0.25) is 0 Å². The van der Waals surface area contributed by atoms with Crippen molar-refractivity contribution in [1.29, 1.82) is 0 Å². The summed E-state index contributed by atoms with van der Waals surface area (Å²) in [6.45, 7) is 3.05. The maximum Gasteiger partial charge on any atom is 0.306 e. The van der Waals surface area contributed by atoms with E-state index >= 15 is 0 Å². The van der Waals surface area contributed by atoms with Crippen LogP contribution in [0.4, 0.5) is 0 Å². The molecule has 0 amide bonds. The first kappa shape index (κ1) is 24.8. The minimum atomic E-state index is -0.281. The molecule has 0 saturated carbocycles. The first-order valence-corrected chi connectivity index (χ1v) is 11.8. The lowest BCUT2D eigenvalue weighted by molar-refractivity contribution is -0.144. The van der Waals surface area contributed by atoms with Gasteiger partial charge in [0.25, 0.3) is 0 Å². The SMILES string of the molecule is CCCCCCCCCCCOc1ccccc1CCC(=O)OCc1ccccc1O. The predicted molar refractivity (Wildman–Crippen MR) is 125 cm³/mol. The summed E-state index contributed by atoms with van der Waals surface area (Å²) in [4.78, 5) is 12.1. The van der Waals surface area contributed by atoms with E-state index in [0.717, 1.165) is 17.7 Å². The fourth-order valence-electron chi connectivity index (χ4n) is 3.55. The molecule has 0 aliphatic rings. The van der Waals surface area contributed by atoms with Gasteiger partial charge in [0.05, 0.1) is 6.61 Å². The molecule has 0 fully saturated rings. The first-order chi connectivity index (χ1) is 15.2. The highest BCUT2D eigenvalue weighted by molar-refractivity contribution is 5.70. The van der Waals surface area contributed by atoms with Crippen molar-refractivity contribution in [2.75, 3.05) is 6.61 Å². The molecule has 0 atom stereocenters. The van der Waals surface area contributed by atoms with E-state index in [0.29, 0.717) is 18.6 Å². The summed E-state index contributed by atoms with van der Waals surface area (Å²) in [5, 5.41) is 9.75. The third-order valence-electron chi connectivity index (χ3n) is 5.46. The molecule has 0 unspecified atom stereocenters.